The summed E-state index contributed by atoms with van der Waals surface area (Å²) >= 11 is 0. The second kappa shape index (κ2) is 8.25. The molecule has 6 nitrogen and oxygen atoms in total. The van der Waals surface area contributed by atoms with Crippen LogP contribution in [0.1, 0.15) is 42.9 Å². The minimum Gasteiger partial charge on any atom is -0.495 e. The van der Waals surface area contributed by atoms with Gasteiger partial charge in [-0.05, 0) is 43.4 Å². The number of ether oxygens (including phenoxy) is 1. The van der Waals surface area contributed by atoms with E-state index in [1.807, 2.05) is 24.3 Å². The number of hydrogen-bond donors (Lipinski definition) is 2. The van der Waals surface area contributed by atoms with Crippen LogP contribution in [0.3, 0.4) is 0 Å². The fraction of sp³-hybridized carbons (Fsp3) is 0.500. The van der Waals surface area contributed by atoms with E-state index in [0.29, 0.717) is 11.6 Å². The molecule has 1 saturated heterocycles. The van der Waals surface area contributed by atoms with Crippen molar-refractivity contribution < 1.29 is 9.53 Å². The number of H-pyrrole nitrogens is 1. The fourth-order valence-electron chi connectivity index (χ4n) is 3.49. The van der Waals surface area contributed by atoms with Gasteiger partial charge in [-0.2, -0.15) is 5.10 Å². The third-order valence-corrected chi connectivity index (χ3v) is 4.67. The van der Waals surface area contributed by atoms with Gasteiger partial charge in [0.05, 0.1) is 12.8 Å². The van der Waals surface area contributed by atoms with Crippen molar-refractivity contribution in [1.82, 2.24) is 15.5 Å². The van der Waals surface area contributed by atoms with Gasteiger partial charge in [0.2, 0.25) is 0 Å². The number of methoxy groups -OCH3 is 1. The summed E-state index contributed by atoms with van der Waals surface area (Å²) in [7, 11) is 1.69. The molecule has 2 N–H and O–H groups in total. The number of para-hydroxylation sites is 2. The minimum absolute atomic E-state index is 0.103. The monoisotopic (exact) mass is 356 g/mol. The number of aromatic nitrogens is 2. The zero-order chi connectivity index (χ0) is 18.5. The Labute approximate surface area is 154 Å². The number of carbonyl (C=O) groups is 1. The molecule has 0 radical (unpaired) electrons. The average molecular weight is 356 g/mol. The predicted octanol–water partition coefficient (Wildman–Crippen LogP) is 3.02. The number of aromatic amines is 1. The van der Waals surface area contributed by atoms with Crippen molar-refractivity contribution in [2.45, 2.75) is 39.2 Å². The van der Waals surface area contributed by atoms with E-state index in [1.54, 1.807) is 7.11 Å². The van der Waals surface area contributed by atoms with Crippen molar-refractivity contribution >= 4 is 11.6 Å². The van der Waals surface area contributed by atoms with Crippen LogP contribution in [0.15, 0.2) is 30.3 Å². The van der Waals surface area contributed by atoms with E-state index in [1.165, 1.54) is 0 Å². The number of rotatable bonds is 6. The van der Waals surface area contributed by atoms with Gasteiger partial charge >= 0.3 is 0 Å². The van der Waals surface area contributed by atoms with Crippen LogP contribution in [-0.2, 0) is 6.42 Å². The van der Waals surface area contributed by atoms with E-state index in [2.05, 4.69) is 40.3 Å². The SMILES string of the molecule is COc1ccccc1N1CCCC(NC(=O)c2cc(CC(C)C)[nH]n2)C1. The highest BCUT2D eigenvalue weighted by Crippen LogP contribution is 2.29. The van der Waals surface area contributed by atoms with E-state index in [-0.39, 0.29) is 11.9 Å². The zero-order valence-corrected chi connectivity index (χ0v) is 15.8. The van der Waals surface area contributed by atoms with Crippen molar-refractivity contribution in [2.75, 3.05) is 25.1 Å². The van der Waals surface area contributed by atoms with E-state index in [9.17, 15) is 4.79 Å². The summed E-state index contributed by atoms with van der Waals surface area (Å²) < 4.78 is 5.48. The minimum atomic E-state index is -0.108. The Hall–Kier alpha value is -2.50. The summed E-state index contributed by atoms with van der Waals surface area (Å²) in [6.45, 7) is 6.03. The summed E-state index contributed by atoms with van der Waals surface area (Å²) in [5.74, 6) is 1.28. The fourth-order valence-corrected chi connectivity index (χ4v) is 3.49. The lowest BCUT2D eigenvalue weighted by molar-refractivity contribution is 0.0928. The summed E-state index contributed by atoms with van der Waals surface area (Å²) in [6, 6.07) is 9.98. The first-order valence-electron chi connectivity index (χ1n) is 9.30. The quantitative estimate of drug-likeness (QED) is 0.835. The number of nitrogens with one attached hydrogen (secondary N) is 2. The lowest BCUT2D eigenvalue weighted by Gasteiger charge is -2.35. The summed E-state index contributed by atoms with van der Waals surface area (Å²) in [5, 5.41) is 10.3. The van der Waals surface area contributed by atoms with Crippen molar-refractivity contribution in [2.24, 2.45) is 5.92 Å². The van der Waals surface area contributed by atoms with Gasteiger partial charge in [0.1, 0.15) is 11.4 Å². The maximum absolute atomic E-state index is 12.5. The van der Waals surface area contributed by atoms with Gasteiger partial charge in [-0.1, -0.05) is 26.0 Å². The maximum Gasteiger partial charge on any atom is 0.272 e. The van der Waals surface area contributed by atoms with Crippen molar-refractivity contribution in [1.29, 1.82) is 0 Å². The molecule has 1 aliphatic heterocycles. The number of carbonyl (C=O) groups excluding carboxylic acids is 1. The third kappa shape index (κ3) is 4.36. The molecule has 1 unspecified atom stereocenters. The Bertz CT molecular complexity index is 741. The standard InChI is InChI=1S/C20H28N4O2/c1-14(2)11-16-12-17(23-22-16)20(25)21-15-7-6-10-24(13-15)18-8-4-5-9-19(18)26-3/h4-5,8-9,12,14-15H,6-7,10-11,13H2,1-3H3,(H,21,25)(H,22,23). The Kier molecular flexibility index (Phi) is 5.81. The molecule has 1 amide bonds. The first kappa shape index (κ1) is 18.3. The van der Waals surface area contributed by atoms with Gasteiger partial charge in [-0.3, -0.25) is 9.89 Å². The molecule has 26 heavy (non-hydrogen) atoms. The van der Waals surface area contributed by atoms with Gasteiger partial charge in [-0.25, -0.2) is 0 Å². The van der Waals surface area contributed by atoms with Gasteiger partial charge in [0.15, 0.2) is 0 Å². The molecule has 0 bridgehead atoms. The molecule has 1 aromatic heterocycles. The van der Waals surface area contributed by atoms with Crippen LogP contribution < -0.4 is 15.0 Å². The summed E-state index contributed by atoms with van der Waals surface area (Å²) in [4.78, 5) is 14.8. The van der Waals surface area contributed by atoms with Crippen LogP contribution in [0, 0.1) is 5.92 Å². The largest absolute Gasteiger partial charge is 0.495 e. The lowest BCUT2D eigenvalue weighted by atomic mass is 10.0. The molecule has 1 aliphatic rings. The number of piperidine rings is 1. The smallest absolute Gasteiger partial charge is 0.272 e. The van der Waals surface area contributed by atoms with E-state index in [4.69, 9.17) is 4.74 Å². The average Bonchev–Trinajstić information content (AvgIpc) is 3.10. The van der Waals surface area contributed by atoms with Crippen LogP contribution in [0.25, 0.3) is 0 Å². The highest BCUT2D eigenvalue weighted by atomic mass is 16.5. The second-order valence-corrected chi connectivity index (χ2v) is 7.31. The van der Waals surface area contributed by atoms with Gasteiger partial charge < -0.3 is 15.0 Å². The van der Waals surface area contributed by atoms with Crippen LogP contribution in [-0.4, -0.2) is 42.3 Å². The number of amides is 1. The van der Waals surface area contributed by atoms with Crippen molar-refractivity contribution in [3.63, 3.8) is 0 Å². The van der Waals surface area contributed by atoms with Crippen molar-refractivity contribution in [3.8, 4) is 5.75 Å². The molecule has 1 atom stereocenters. The van der Waals surface area contributed by atoms with Gasteiger partial charge in [-0.15, -0.1) is 0 Å². The highest BCUT2D eigenvalue weighted by Gasteiger charge is 2.24. The molecule has 0 aliphatic carbocycles. The Morgan fingerprint density at radius 3 is 3.00 bits per heavy atom. The molecule has 0 spiro atoms. The Morgan fingerprint density at radius 1 is 1.42 bits per heavy atom. The number of hydrogen-bond acceptors (Lipinski definition) is 4. The number of benzene rings is 1. The van der Waals surface area contributed by atoms with Crippen molar-refractivity contribution in [3.05, 3.63) is 41.7 Å². The Morgan fingerprint density at radius 2 is 2.23 bits per heavy atom. The van der Waals surface area contributed by atoms with E-state index in [0.717, 1.165) is 49.5 Å². The molecule has 1 aromatic carbocycles. The topological polar surface area (TPSA) is 70.2 Å². The number of anilines is 1. The molecule has 2 aromatic rings. The van der Waals surface area contributed by atoms with Crippen LogP contribution in [0.5, 0.6) is 5.75 Å². The molecule has 6 heteroatoms. The molecule has 140 valence electrons. The maximum atomic E-state index is 12.5. The van der Waals surface area contributed by atoms with E-state index >= 15 is 0 Å². The first-order valence-corrected chi connectivity index (χ1v) is 9.30. The molecule has 0 saturated carbocycles. The lowest BCUT2D eigenvalue weighted by Crippen LogP contribution is -2.48. The molecule has 2 heterocycles. The molecule has 1 fully saturated rings. The van der Waals surface area contributed by atoms with Crippen LogP contribution >= 0.6 is 0 Å². The summed E-state index contributed by atoms with van der Waals surface area (Å²) in [5.41, 5.74) is 2.55. The van der Waals surface area contributed by atoms with Crippen LogP contribution in [0.2, 0.25) is 0 Å². The highest BCUT2D eigenvalue weighted by molar-refractivity contribution is 5.92. The van der Waals surface area contributed by atoms with E-state index < -0.39 is 0 Å². The molecule has 3 rings (SSSR count). The zero-order valence-electron chi connectivity index (χ0n) is 15.8. The van der Waals surface area contributed by atoms with Gasteiger partial charge in [0.25, 0.3) is 5.91 Å². The van der Waals surface area contributed by atoms with Gasteiger partial charge in [0, 0.05) is 24.8 Å². The molecular weight excluding hydrogens is 328 g/mol. The molecular formula is C20H28N4O2. The predicted molar refractivity (Wildman–Crippen MR) is 103 cm³/mol. The Balaban J connectivity index is 1.63. The number of nitrogens with zero attached hydrogens (tertiary/aromatic N) is 2. The van der Waals surface area contributed by atoms with Crippen LogP contribution in [0.4, 0.5) is 5.69 Å². The third-order valence-electron chi connectivity index (χ3n) is 4.67. The normalized spacial score (nSPS) is 17.4. The first-order chi connectivity index (χ1) is 12.6. The summed E-state index contributed by atoms with van der Waals surface area (Å²) in [6.07, 6.45) is 2.90. The second-order valence-electron chi connectivity index (χ2n) is 7.31.